The van der Waals surface area contributed by atoms with Crippen LogP contribution in [0.25, 0.3) is 0 Å². The van der Waals surface area contributed by atoms with Crippen molar-refractivity contribution in [3.05, 3.63) is 53.1 Å². The molecule has 0 saturated heterocycles. The van der Waals surface area contributed by atoms with Gasteiger partial charge < -0.3 is 4.90 Å². The molecular formula is C16H14ClNO3S2. The number of benzene rings is 2. The summed E-state index contributed by atoms with van der Waals surface area (Å²) in [7, 11) is -3.49. The lowest BCUT2D eigenvalue weighted by molar-refractivity contribution is 0.0987. The Morgan fingerprint density at radius 2 is 1.96 bits per heavy atom. The van der Waals surface area contributed by atoms with Gasteiger partial charge in [-0.25, -0.2) is 8.42 Å². The SMILES string of the molecule is CS(=O)(=O)c1cc(C(=O)N2CCSc3ccccc32)ccc1Cl. The van der Waals surface area contributed by atoms with Crippen molar-refractivity contribution in [2.75, 3.05) is 23.5 Å². The van der Waals surface area contributed by atoms with Crippen LogP contribution in [0.2, 0.25) is 5.02 Å². The summed E-state index contributed by atoms with van der Waals surface area (Å²) in [6, 6.07) is 12.1. The lowest BCUT2D eigenvalue weighted by Gasteiger charge is -2.29. The number of anilines is 1. The van der Waals surface area contributed by atoms with Crippen molar-refractivity contribution in [2.45, 2.75) is 9.79 Å². The van der Waals surface area contributed by atoms with Crippen LogP contribution in [-0.4, -0.2) is 32.9 Å². The number of carbonyl (C=O) groups excluding carboxylic acids is 1. The van der Waals surface area contributed by atoms with Crippen LogP contribution in [0.15, 0.2) is 52.3 Å². The molecule has 4 nitrogen and oxygen atoms in total. The van der Waals surface area contributed by atoms with Crippen molar-refractivity contribution in [2.24, 2.45) is 0 Å². The van der Waals surface area contributed by atoms with Gasteiger partial charge in [0, 0.05) is 29.0 Å². The highest BCUT2D eigenvalue weighted by Gasteiger charge is 2.25. The van der Waals surface area contributed by atoms with Gasteiger partial charge in [-0.2, -0.15) is 0 Å². The Morgan fingerprint density at radius 1 is 1.22 bits per heavy atom. The Balaban J connectivity index is 2.03. The van der Waals surface area contributed by atoms with Gasteiger partial charge in [-0.05, 0) is 30.3 Å². The number of sulfone groups is 1. The molecule has 0 atom stereocenters. The van der Waals surface area contributed by atoms with E-state index < -0.39 is 9.84 Å². The maximum atomic E-state index is 12.8. The topological polar surface area (TPSA) is 54.5 Å². The van der Waals surface area contributed by atoms with E-state index in [1.807, 2.05) is 24.3 Å². The number of carbonyl (C=O) groups is 1. The molecule has 3 rings (SSSR count). The molecule has 0 aliphatic carbocycles. The summed E-state index contributed by atoms with van der Waals surface area (Å²) < 4.78 is 23.6. The molecule has 0 unspecified atom stereocenters. The first-order valence-corrected chi connectivity index (χ1v) is 10.2. The minimum Gasteiger partial charge on any atom is -0.306 e. The zero-order chi connectivity index (χ0) is 16.6. The molecule has 1 aliphatic heterocycles. The first kappa shape index (κ1) is 16.4. The van der Waals surface area contributed by atoms with Crippen LogP contribution < -0.4 is 4.90 Å². The van der Waals surface area contributed by atoms with E-state index in [1.165, 1.54) is 12.1 Å². The second kappa shape index (κ2) is 6.19. The summed E-state index contributed by atoms with van der Waals surface area (Å²) in [6.45, 7) is 0.581. The number of para-hydroxylation sites is 1. The number of rotatable bonds is 2. The third-order valence-electron chi connectivity index (χ3n) is 3.55. The first-order valence-electron chi connectivity index (χ1n) is 6.91. The molecule has 0 aromatic heterocycles. The van der Waals surface area contributed by atoms with E-state index in [4.69, 9.17) is 11.6 Å². The van der Waals surface area contributed by atoms with Crippen LogP contribution in [0.1, 0.15) is 10.4 Å². The number of fused-ring (bicyclic) bond motifs is 1. The van der Waals surface area contributed by atoms with E-state index in [2.05, 4.69) is 0 Å². The first-order chi connectivity index (χ1) is 10.9. The Morgan fingerprint density at radius 3 is 2.70 bits per heavy atom. The molecule has 0 saturated carbocycles. The largest absolute Gasteiger partial charge is 0.306 e. The van der Waals surface area contributed by atoms with E-state index in [9.17, 15) is 13.2 Å². The van der Waals surface area contributed by atoms with Gasteiger partial charge in [0.1, 0.15) is 0 Å². The third-order valence-corrected chi connectivity index (χ3v) is 6.17. The highest BCUT2D eigenvalue weighted by Crippen LogP contribution is 2.35. The quantitative estimate of drug-likeness (QED) is 0.815. The smallest absolute Gasteiger partial charge is 0.258 e. The van der Waals surface area contributed by atoms with Crippen molar-refractivity contribution in [1.82, 2.24) is 0 Å². The normalized spacial score (nSPS) is 14.4. The van der Waals surface area contributed by atoms with Gasteiger partial charge in [-0.1, -0.05) is 23.7 Å². The van der Waals surface area contributed by atoms with Crippen LogP contribution in [0.4, 0.5) is 5.69 Å². The van der Waals surface area contributed by atoms with Gasteiger partial charge in [-0.15, -0.1) is 11.8 Å². The van der Waals surface area contributed by atoms with Gasteiger partial charge >= 0.3 is 0 Å². The third kappa shape index (κ3) is 3.24. The summed E-state index contributed by atoms with van der Waals surface area (Å²) in [5.41, 5.74) is 1.17. The number of amides is 1. The maximum Gasteiger partial charge on any atom is 0.258 e. The molecule has 1 amide bonds. The molecule has 0 radical (unpaired) electrons. The molecule has 120 valence electrons. The zero-order valence-corrected chi connectivity index (χ0v) is 14.7. The van der Waals surface area contributed by atoms with E-state index in [0.29, 0.717) is 12.1 Å². The van der Waals surface area contributed by atoms with Gasteiger partial charge in [0.25, 0.3) is 5.91 Å². The summed E-state index contributed by atoms with van der Waals surface area (Å²) in [5.74, 6) is 0.578. The van der Waals surface area contributed by atoms with E-state index in [-0.39, 0.29) is 15.8 Å². The van der Waals surface area contributed by atoms with E-state index in [0.717, 1.165) is 22.6 Å². The summed E-state index contributed by atoms with van der Waals surface area (Å²) in [5, 5.41) is 0.124. The molecule has 0 N–H and O–H groups in total. The lowest BCUT2D eigenvalue weighted by Crippen LogP contribution is -2.35. The fourth-order valence-electron chi connectivity index (χ4n) is 2.46. The van der Waals surface area contributed by atoms with Crippen molar-refractivity contribution >= 4 is 44.8 Å². The van der Waals surface area contributed by atoms with Gasteiger partial charge in [0.15, 0.2) is 9.84 Å². The Bertz CT molecular complexity index is 881. The van der Waals surface area contributed by atoms with Crippen LogP contribution >= 0.6 is 23.4 Å². The maximum absolute atomic E-state index is 12.8. The molecule has 0 spiro atoms. The monoisotopic (exact) mass is 367 g/mol. The van der Waals surface area contributed by atoms with Crippen molar-refractivity contribution in [1.29, 1.82) is 0 Å². The number of nitrogens with zero attached hydrogens (tertiary/aromatic N) is 1. The van der Waals surface area contributed by atoms with E-state index in [1.54, 1.807) is 22.7 Å². The summed E-state index contributed by atoms with van der Waals surface area (Å²) in [6.07, 6.45) is 1.08. The minimum atomic E-state index is -3.49. The minimum absolute atomic E-state index is 0.0234. The van der Waals surface area contributed by atoms with E-state index >= 15 is 0 Å². The molecule has 0 bridgehead atoms. The standard InChI is InChI=1S/C16H14ClNO3S2/c1-23(20,21)15-10-11(6-7-12(15)17)16(19)18-8-9-22-14-5-3-2-4-13(14)18/h2-7,10H,8-9H2,1H3. The molecule has 1 aliphatic rings. The summed E-state index contributed by atoms with van der Waals surface area (Å²) >= 11 is 7.65. The highest BCUT2D eigenvalue weighted by atomic mass is 35.5. The number of hydrogen-bond acceptors (Lipinski definition) is 4. The second-order valence-electron chi connectivity index (χ2n) is 5.19. The average Bonchev–Trinajstić information content (AvgIpc) is 2.53. The second-order valence-corrected chi connectivity index (χ2v) is 8.72. The molecule has 7 heteroatoms. The van der Waals surface area contributed by atoms with Crippen molar-refractivity contribution < 1.29 is 13.2 Å². The van der Waals surface area contributed by atoms with Crippen LogP contribution in [0.3, 0.4) is 0 Å². The molecule has 0 fully saturated rings. The number of thioether (sulfide) groups is 1. The highest BCUT2D eigenvalue weighted by molar-refractivity contribution is 7.99. The fraction of sp³-hybridized carbons (Fsp3) is 0.188. The molecule has 1 heterocycles. The molecule has 2 aromatic carbocycles. The predicted molar refractivity (Wildman–Crippen MR) is 93.4 cm³/mol. The van der Waals surface area contributed by atoms with Crippen LogP contribution in [-0.2, 0) is 9.84 Å². The number of halogens is 1. The number of hydrogen-bond donors (Lipinski definition) is 0. The van der Waals surface area contributed by atoms with Crippen LogP contribution in [0, 0.1) is 0 Å². The summed E-state index contributed by atoms with van der Waals surface area (Å²) in [4.78, 5) is 15.5. The zero-order valence-electron chi connectivity index (χ0n) is 12.3. The Kier molecular flexibility index (Phi) is 4.40. The Labute approximate surface area is 144 Å². The van der Waals surface area contributed by atoms with Crippen LogP contribution in [0.5, 0.6) is 0 Å². The molecule has 23 heavy (non-hydrogen) atoms. The fourth-order valence-corrected chi connectivity index (χ4v) is 4.75. The molecule has 2 aromatic rings. The van der Waals surface area contributed by atoms with Gasteiger partial charge in [0.05, 0.1) is 15.6 Å². The van der Waals surface area contributed by atoms with Crippen molar-refractivity contribution in [3.8, 4) is 0 Å². The average molecular weight is 368 g/mol. The lowest BCUT2D eigenvalue weighted by atomic mass is 10.1. The Hall–Kier alpha value is -1.50. The predicted octanol–water partition coefficient (Wildman–Crippen LogP) is 3.50. The van der Waals surface area contributed by atoms with Gasteiger partial charge in [0.2, 0.25) is 0 Å². The molecular weight excluding hydrogens is 354 g/mol. The van der Waals surface area contributed by atoms with Gasteiger partial charge in [-0.3, -0.25) is 4.79 Å². The van der Waals surface area contributed by atoms with Crippen molar-refractivity contribution in [3.63, 3.8) is 0 Å².